The molecule has 146 valence electrons. The number of benzene rings is 1. The number of hydrogen-bond donors (Lipinski definition) is 2. The molecule has 0 aliphatic carbocycles. The first-order chi connectivity index (χ1) is 12.2. The standard InChI is InChI=1S/C21H32O5/c1-6-7-8-11-26-15-9-10-16(18(13(2)3)20(22)23)17(12-15)19(14(4)5)21(24)25/h9-10,12-14,18-19H,6-8,11H2,1-5H3,(H,22,23)(H,24,25). The third kappa shape index (κ3) is 5.75. The van der Waals surface area contributed by atoms with Crippen molar-refractivity contribution in [3.63, 3.8) is 0 Å². The van der Waals surface area contributed by atoms with Gasteiger partial charge in [-0.1, -0.05) is 53.5 Å². The van der Waals surface area contributed by atoms with E-state index in [9.17, 15) is 19.8 Å². The number of carboxylic acid groups (broad SMARTS) is 2. The maximum absolute atomic E-state index is 11.9. The molecule has 5 nitrogen and oxygen atoms in total. The second-order valence-corrected chi connectivity index (χ2v) is 7.47. The van der Waals surface area contributed by atoms with Gasteiger partial charge in [-0.25, -0.2) is 0 Å². The molecule has 0 heterocycles. The lowest BCUT2D eigenvalue weighted by molar-refractivity contribution is -0.141. The van der Waals surface area contributed by atoms with Crippen molar-refractivity contribution in [1.29, 1.82) is 0 Å². The molecule has 0 amide bonds. The summed E-state index contributed by atoms with van der Waals surface area (Å²) < 4.78 is 5.77. The third-order valence-corrected chi connectivity index (χ3v) is 4.61. The Morgan fingerprint density at radius 1 is 0.923 bits per heavy atom. The molecule has 2 unspecified atom stereocenters. The van der Waals surface area contributed by atoms with E-state index in [1.165, 1.54) is 0 Å². The predicted molar refractivity (Wildman–Crippen MR) is 102 cm³/mol. The van der Waals surface area contributed by atoms with E-state index in [0.717, 1.165) is 19.3 Å². The van der Waals surface area contributed by atoms with E-state index in [-0.39, 0.29) is 11.8 Å². The Kier molecular flexibility index (Phi) is 8.62. The molecule has 0 saturated carbocycles. The number of carboxylic acids is 2. The van der Waals surface area contributed by atoms with Crippen molar-refractivity contribution >= 4 is 11.9 Å². The van der Waals surface area contributed by atoms with Gasteiger partial charge in [0.25, 0.3) is 0 Å². The van der Waals surface area contributed by atoms with Gasteiger partial charge >= 0.3 is 11.9 Å². The molecule has 0 spiro atoms. The molecule has 0 saturated heterocycles. The fourth-order valence-electron chi connectivity index (χ4n) is 3.29. The second-order valence-electron chi connectivity index (χ2n) is 7.47. The SMILES string of the molecule is CCCCCOc1ccc(C(C(=O)O)C(C)C)c(C(C(=O)O)C(C)C)c1. The van der Waals surface area contributed by atoms with Gasteiger partial charge in [0.15, 0.2) is 0 Å². The van der Waals surface area contributed by atoms with E-state index >= 15 is 0 Å². The van der Waals surface area contributed by atoms with Gasteiger partial charge in [0, 0.05) is 0 Å². The maximum atomic E-state index is 11.9. The molecule has 5 heteroatoms. The molecular weight excluding hydrogens is 332 g/mol. The highest BCUT2D eigenvalue weighted by Gasteiger charge is 2.32. The third-order valence-electron chi connectivity index (χ3n) is 4.61. The Morgan fingerprint density at radius 2 is 1.46 bits per heavy atom. The van der Waals surface area contributed by atoms with Crippen LogP contribution in [0.4, 0.5) is 0 Å². The van der Waals surface area contributed by atoms with Crippen molar-refractivity contribution in [2.24, 2.45) is 11.8 Å². The number of carbonyl (C=O) groups is 2. The molecule has 2 N–H and O–H groups in total. The summed E-state index contributed by atoms with van der Waals surface area (Å²) in [4.78, 5) is 23.7. The minimum Gasteiger partial charge on any atom is -0.494 e. The van der Waals surface area contributed by atoms with Crippen LogP contribution in [0.3, 0.4) is 0 Å². The lowest BCUT2D eigenvalue weighted by atomic mass is 9.78. The molecule has 1 aromatic rings. The van der Waals surface area contributed by atoms with Crippen LogP contribution in [0.5, 0.6) is 5.75 Å². The van der Waals surface area contributed by atoms with Gasteiger partial charge in [0.1, 0.15) is 5.75 Å². The van der Waals surface area contributed by atoms with Crippen LogP contribution in [0.2, 0.25) is 0 Å². The van der Waals surface area contributed by atoms with Crippen LogP contribution in [0.15, 0.2) is 18.2 Å². The number of ether oxygens (including phenoxy) is 1. The maximum Gasteiger partial charge on any atom is 0.311 e. The summed E-state index contributed by atoms with van der Waals surface area (Å²) in [5.74, 6) is -3.13. The fraction of sp³-hybridized carbons (Fsp3) is 0.619. The Hall–Kier alpha value is -2.04. The highest BCUT2D eigenvalue weighted by atomic mass is 16.5. The molecule has 1 aromatic carbocycles. The van der Waals surface area contributed by atoms with Gasteiger partial charge in [-0.05, 0) is 41.5 Å². The van der Waals surface area contributed by atoms with Gasteiger partial charge in [0.2, 0.25) is 0 Å². The van der Waals surface area contributed by atoms with Crippen LogP contribution >= 0.6 is 0 Å². The van der Waals surface area contributed by atoms with E-state index < -0.39 is 23.8 Å². The Balaban J connectivity index is 3.35. The fourth-order valence-corrected chi connectivity index (χ4v) is 3.29. The summed E-state index contributed by atoms with van der Waals surface area (Å²) in [7, 11) is 0. The zero-order valence-corrected chi connectivity index (χ0v) is 16.5. The molecule has 0 aliphatic rings. The highest BCUT2D eigenvalue weighted by molar-refractivity contribution is 5.81. The first-order valence-corrected chi connectivity index (χ1v) is 9.42. The molecule has 0 aliphatic heterocycles. The second kappa shape index (κ2) is 10.2. The molecule has 0 bridgehead atoms. The van der Waals surface area contributed by atoms with Crippen molar-refractivity contribution in [3.8, 4) is 5.75 Å². The summed E-state index contributed by atoms with van der Waals surface area (Å²) >= 11 is 0. The first kappa shape index (κ1) is 22.0. The zero-order valence-electron chi connectivity index (χ0n) is 16.5. The molecule has 26 heavy (non-hydrogen) atoms. The largest absolute Gasteiger partial charge is 0.494 e. The predicted octanol–water partition coefficient (Wildman–Crippen LogP) is 4.90. The molecule has 0 aromatic heterocycles. The average molecular weight is 364 g/mol. The smallest absolute Gasteiger partial charge is 0.311 e. The van der Waals surface area contributed by atoms with Crippen molar-refractivity contribution in [2.75, 3.05) is 6.61 Å². The number of rotatable bonds is 11. The van der Waals surface area contributed by atoms with Gasteiger partial charge in [-0.3, -0.25) is 9.59 Å². The lowest BCUT2D eigenvalue weighted by Gasteiger charge is -2.26. The van der Waals surface area contributed by atoms with Crippen molar-refractivity contribution in [3.05, 3.63) is 29.3 Å². The van der Waals surface area contributed by atoms with Crippen LogP contribution in [0, 0.1) is 11.8 Å². The van der Waals surface area contributed by atoms with Gasteiger partial charge in [-0.2, -0.15) is 0 Å². The van der Waals surface area contributed by atoms with Crippen LogP contribution in [-0.4, -0.2) is 28.8 Å². The quantitative estimate of drug-likeness (QED) is 0.545. The van der Waals surface area contributed by atoms with Crippen LogP contribution in [-0.2, 0) is 9.59 Å². The Labute approximate surface area is 156 Å². The summed E-state index contributed by atoms with van der Waals surface area (Å²) in [5.41, 5.74) is 1.11. The van der Waals surface area contributed by atoms with E-state index in [1.54, 1.807) is 18.2 Å². The summed E-state index contributed by atoms with van der Waals surface area (Å²) in [6.45, 7) is 10.0. The van der Waals surface area contributed by atoms with Crippen molar-refractivity contribution < 1.29 is 24.5 Å². The van der Waals surface area contributed by atoms with E-state index in [1.807, 2.05) is 27.7 Å². The lowest BCUT2D eigenvalue weighted by Crippen LogP contribution is -2.24. The van der Waals surface area contributed by atoms with Crippen molar-refractivity contribution in [2.45, 2.75) is 65.7 Å². The summed E-state index contributed by atoms with van der Waals surface area (Å²) in [6.07, 6.45) is 3.10. The number of hydrogen-bond acceptors (Lipinski definition) is 3. The normalized spacial score (nSPS) is 13.7. The van der Waals surface area contributed by atoms with Gasteiger partial charge in [0.05, 0.1) is 18.4 Å². The number of aliphatic carboxylic acids is 2. The van der Waals surface area contributed by atoms with Crippen LogP contribution < -0.4 is 4.74 Å². The molecule has 1 rings (SSSR count). The van der Waals surface area contributed by atoms with Gasteiger partial charge < -0.3 is 14.9 Å². The summed E-state index contributed by atoms with van der Waals surface area (Å²) in [6, 6.07) is 5.20. The van der Waals surface area contributed by atoms with Gasteiger partial charge in [-0.15, -0.1) is 0 Å². The van der Waals surface area contributed by atoms with E-state index in [2.05, 4.69) is 6.92 Å². The zero-order chi connectivity index (χ0) is 19.9. The van der Waals surface area contributed by atoms with Crippen molar-refractivity contribution in [1.82, 2.24) is 0 Å². The minimum absolute atomic E-state index is 0.149. The minimum atomic E-state index is -0.947. The van der Waals surface area contributed by atoms with E-state index in [4.69, 9.17) is 4.74 Å². The molecular formula is C21H32O5. The Morgan fingerprint density at radius 3 is 1.92 bits per heavy atom. The highest BCUT2D eigenvalue weighted by Crippen LogP contribution is 2.37. The molecule has 0 fully saturated rings. The average Bonchev–Trinajstić information content (AvgIpc) is 2.52. The topological polar surface area (TPSA) is 83.8 Å². The molecule has 2 atom stereocenters. The number of unbranched alkanes of at least 4 members (excludes halogenated alkanes) is 2. The first-order valence-electron chi connectivity index (χ1n) is 9.42. The van der Waals surface area contributed by atoms with Crippen LogP contribution in [0.1, 0.15) is 76.8 Å². The Bertz CT molecular complexity index is 606. The van der Waals surface area contributed by atoms with Crippen LogP contribution in [0.25, 0.3) is 0 Å². The summed E-state index contributed by atoms with van der Waals surface area (Å²) in [5, 5.41) is 19.4. The monoisotopic (exact) mass is 364 g/mol. The van der Waals surface area contributed by atoms with E-state index in [0.29, 0.717) is 23.5 Å². The molecule has 0 radical (unpaired) electrons.